The first kappa shape index (κ1) is 12.6. The lowest BCUT2D eigenvalue weighted by atomic mass is 10.0. The number of nitrogens with one attached hydrogen (secondary N) is 1. The van der Waals surface area contributed by atoms with Gasteiger partial charge in [0.2, 0.25) is 0 Å². The molecule has 2 nitrogen and oxygen atoms in total. The fourth-order valence-electron chi connectivity index (χ4n) is 2.00. The molecule has 1 aromatic heterocycles. The number of nitrogens with zero attached hydrogens (tertiary/aromatic N) is 1. The molecule has 19 heavy (non-hydrogen) atoms. The van der Waals surface area contributed by atoms with Crippen LogP contribution in [0.4, 0.5) is 4.39 Å². The topological polar surface area (TPSA) is 24.9 Å². The van der Waals surface area contributed by atoms with Crippen LogP contribution >= 0.6 is 11.6 Å². The minimum atomic E-state index is -0.329. The van der Waals surface area contributed by atoms with Crippen LogP contribution in [0.3, 0.4) is 0 Å². The van der Waals surface area contributed by atoms with Crippen molar-refractivity contribution in [1.29, 1.82) is 0 Å². The Morgan fingerprint density at radius 3 is 2.79 bits per heavy atom. The van der Waals surface area contributed by atoms with Crippen LogP contribution in [0.5, 0.6) is 0 Å². The van der Waals surface area contributed by atoms with Crippen molar-refractivity contribution in [3.8, 4) is 11.1 Å². The van der Waals surface area contributed by atoms with Crippen molar-refractivity contribution < 1.29 is 4.39 Å². The van der Waals surface area contributed by atoms with Crippen molar-refractivity contribution >= 4 is 11.6 Å². The molecule has 3 rings (SSSR count). The summed E-state index contributed by atoms with van der Waals surface area (Å²) in [5, 5.41) is 4.17. The highest BCUT2D eigenvalue weighted by atomic mass is 35.5. The van der Waals surface area contributed by atoms with Crippen molar-refractivity contribution in [3.05, 3.63) is 53.1 Å². The molecule has 1 aliphatic carbocycles. The van der Waals surface area contributed by atoms with Gasteiger partial charge in [0.05, 0.1) is 6.20 Å². The summed E-state index contributed by atoms with van der Waals surface area (Å²) in [4.78, 5) is 3.87. The summed E-state index contributed by atoms with van der Waals surface area (Å²) in [6, 6.07) is 7.85. The van der Waals surface area contributed by atoms with Crippen molar-refractivity contribution in [2.45, 2.75) is 25.4 Å². The van der Waals surface area contributed by atoms with Gasteiger partial charge in [-0.25, -0.2) is 4.39 Å². The maximum Gasteiger partial charge on any atom is 0.142 e. The molecule has 98 valence electrons. The van der Waals surface area contributed by atoms with Crippen LogP contribution in [-0.4, -0.2) is 11.0 Å². The first-order chi connectivity index (χ1) is 9.22. The largest absolute Gasteiger partial charge is 0.310 e. The van der Waals surface area contributed by atoms with E-state index >= 15 is 0 Å². The van der Waals surface area contributed by atoms with Crippen molar-refractivity contribution in [1.82, 2.24) is 10.3 Å². The Hall–Kier alpha value is -1.45. The van der Waals surface area contributed by atoms with E-state index in [4.69, 9.17) is 11.6 Å². The van der Waals surface area contributed by atoms with Crippen molar-refractivity contribution in [3.63, 3.8) is 0 Å². The Morgan fingerprint density at radius 1 is 1.21 bits per heavy atom. The van der Waals surface area contributed by atoms with E-state index in [1.165, 1.54) is 25.1 Å². The average Bonchev–Trinajstić information content (AvgIpc) is 3.22. The lowest BCUT2D eigenvalue weighted by Crippen LogP contribution is -2.15. The molecule has 4 heteroatoms. The number of aromatic nitrogens is 1. The van der Waals surface area contributed by atoms with Gasteiger partial charge in [-0.15, -0.1) is 0 Å². The highest BCUT2D eigenvalue weighted by molar-refractivity contribution is 6.31. The minimum absolute atomic E-state index is 0.329. The van der Waals surface area contributed by atoms with E-state index in [-0.39, 0.29) is 5.82 Å². The summed E-state index contributed by atoms with van der Waals surface area (Å²) in [5.74, 6) is -0.329. The summed E-state index contributed by atoms with van der Waals surface area (Å²) in [6.45, 7) is 0.750. The fourth-order valence-corrected chi connectivity index (χ4v) is 2.19. The molecule has 1 fully saturated rings. The van der Waals surface area contributed by atoms with Crippen molar-refractivity contribution in [2.24, 2.45) is 0 Å². The van der Waals surface area contributed by atoms with Crippen LogP contribution in [-0.2, 0) is 6.54 Å². The first-order valence-corrected chi connectivity index (χ1v) is 6.73. The van der Waals surface area contributed by atoms with E-state index in [9.17, 15) is 4.39 Å². The van der Waals surface area contributed by atoms with E-state index in [1.54, 1.807) is 6.20 Å². The summed E-state index contributed by atoms with van der Waals surface area (Å²) >= 11 is 6.19. The zero-order chi connectivity index (χ0) is 13.2. The van der Waals surface area contributed by atoms with E-state index in [0.29, 0.717) is 6.04 Å². The smallest absolute Gasteiger partial charge is 0.142 e. The number of rotatable bonds is 4. The van der Waals surface area contributed by atoms with Gasteiger partial charge >= 0.3 is 0 Å². The fraction of sp³-hybridized carbons (Fsp3) is 0.267. The third-order valence-electron chi connectivity index (χ3n) is 3.24. The predicted octanol–water partition coefficient (Wildman–Crippen LogP) is 3.79. The Balaban J connectivity index is 1.87. The second-order valence-corrected chi connectivity index (χ2v) is 5.26. The molecule has 0 spiro atoms. The quantitative estimate of drug-likeness (QED) is 0.919. The minimum Gasteiger partial charge on any atom is -0.310 e. The van der Waals surface area contributed by atoms with Gasteiger partial charge in [-0.1, -0.05) is 17.7 Å². The van der Waals surface area contributed by atoms with Gasteiger partial charge in [0.15, 0.2) is 0 Å². The molecule has 1 heterocycles. The van der Waals surface area contributed by atoms with Crippen molar-refractivity contribution in [2.75, 3.05) is 0 Å². The molecule has 0 amide bonds. The van der Waals surface area contributed by atoms with Gasteiger partial charge in [-0.05, 0) is 42.2 Å². The molecule has 1 N–H and O–H groups in total. The van der Waals surface area contributed by atoms with Gasteiger partial charge in [-0.2, -0.15) is 0 Å². The lowest BCUT2D eigenvalue weighted by Gasteiger charge is -2.09. The van der Waals surface area contributed by atoms with Gasteiger partial charge in [0.25, 0.3) is 0 Å². The summed E-state index contributed by atoms with van der Waals surface area (Å²) < 4.78 is 13.2. The lowest BCUT2D eigenvalue weighted by molar-refractivity contribution is 0.622. The normalized spacial score (nSPS) is 14.6. The van der Waals surface area contributed by atoms with E-state index in [0.717, 1.165) is 28.3 Å². The second-order valence-electron chi connectivity index (χ2n) is 4.85. The maximum atomic E-state index is 13.2. The molecule has 1 saturated carbocycles. The molecule has 2 aromatic rings. The molecule has 0 atom stereocenters. The monoisotopic (exact) mass is 276 g/mol. The predicted molar refractivity (Wildman–Crippen MR) is 74.5 cm³/mol. The molecule has 1 aliphatic rings. The molecule has 0 radical (unpaired) electrons. The first-order valence-electron chi connectivity index (χ1n) is 6.35. The Labute approximate surface area is 116 Å². The highest BCUT2D eigenvalue weighted by Gasteiger charge is 2.20. The van der Waals surface area contributed by atoms with Crippen LogP contribution in [0.2, 0.25) is 5.02 Å². The Morgan fingerprint density at radius 2 is 2.05 bits per heavy atom. The van der Waals surface area contributed by atoms with E-state index in [1.807, 2.05) is 18.2 Å². The third-order valence-corrected chi connectivity index (χ3v) is 3.61. The van der Waals surface area contributed by atoms with E-state index in [2.05, 4.69) is 10.3 Å². The van der Waals surface area contributed by atoms with Crippen LogP contribution in [0, 0.1) is 5.82 Å². The molecule has 0 saturated heterocycles. The van der Waals surface area contributed by atoms with E-state index < -0.39 is 0 Å². The number of benzene rings is 1. The van der Waals surface area contributed by atoms with Crippen LogP contribution in [0.15, 0.2) is 36.7 Å². The van der Waals surface area contributed by atoms with Crippen LogP contribution in [0.1, 0.15) is 18.4 Å². The molecule has 0 unspecified atom stereocenters. The zero-order valence-corrected chi connectivity index (χ0v) is 11.1. The number of hydrogen-bond acceptors (Lipinski definition) is 2. The molecule has 1 aromatic carbocycles. The molecule has 0 aliphatic heterocycles. The van der Waals surface area contributed by atoms with Gasteiger partial charge in [0, 0.05) is 29.4 Å². The van der Waals surface area contributed by atoms with Gasteiger partial charge < -0.3 is 5.32 Å². The van der Waals surface area contributed by atoms with Crippen LogP contribution in [0.25, 0.3) is 11.1 Å². The number of pyridine rings is 1. The number of hydrogen-bond donors (Lipinski definition) is 1. The summed E-state index contributed by atoms with van der Waals surface area (Å²) in [7, 11) is 0. The van der Waals surface area contributed by atoms with Gasteiger partial charge in [-0.3, -0.25) is 4.98 Å². The highest BCUT2D eigenvalue weighted by Crippen LogP contribution is 2.26. The molecule has 0 bridgehead atoms. The molecular formula is C15H14ClFN2. The SMILES string of the molecule is Fc1cncc(-c2ccc(Cl)c(CNC3CC3)c2)c1. The third kappa shape index (κ3) is 3.11. The standard InChI is InChI=1S/C15H14ClFN2/c16-15-4-1-10(11-6-13(17)9-18-7-11)5-12(15)8-19-14-2-3-14/h1,4-7,9,14,19H,2-3,8H2. The number of halogens is 2. The van der Waals surface area contributed by atoms with Crippen LogP contribution < -0.4 is 5.32 Å². The Kier molecular flexibility index (Phi) is 3.49. The average molecular weight is 277 g/mol. The molecular weight excluding hydrogens is 263 g/mol. The Bertz CT molecular complexity index is 596. The summed E-state index contributed by atoms with van der Waals surface area (Å²) in [6.07, 6.45) is 5.34. The zero-order valence-electron chi connectivity index (χ0n) is 10.4. The maximum absolute atomic E-state index is 13.2. The van der Waals surface area contributed by atoms with Gasteiger partial charge in [0.1, 0.15) is 5.82 Å². The summed E-state index contributed by atoms with van der Waals surface area (Å²) in [5.41, 5.74) is 2.74. The second kappa shape index (κ2) is 5.27.